The van der Waals surface area contributed by atoms with Crippen molar-refractivity contribution in [3.8, 4) is 5.75 Å². The van der Waals surface area contributed by atoms with Gasteiger partial charge in [-0.05, 0) is 30.0 Å². The highest BCUT2D eigenvalue weighted by Gasteiger charge is 2.25. The highest BCUT2D eigenvalue weighted by atomic mass is 16.6. The molecule has 1 fully saturated rings. The molecule has 0 amide bonds. The molecule has 0 aromatic heterocycles. The fraction of sp³-hybridized carbons (Fsp3) is 0.632. The van der Waals surface area contributed by atoms with Gasteiger partial charge in [-0.25, -0.2) is 4.79 Å². The minimum atomic E-state index is -0.314. The van der Waals surface area contributed by atoms with E-state index in [1.54, 1.807) is 0 Å². The third kappa shape index (κ3) is 5.49. The van der Waals surface area contributed by atoms with Crippen LogP contribution in [-0.2, 0) is 14.3 Å². The zero-order chi connectivity index (χ0) is 17.6. The highest BCUT2D eigenvalue weighted by Crippen LogP contribution is 2.27. The molecule has 0 bridgehead atoms. The molecule has 1 aromatic carbocycles. The van der Waals surface area contributed by atoms with Crippen LogP contribution in [-0.4, -0.2) is 63.6 Å². The summed E-state index contributed by atoms with van der Waals surface area (Å²) < 4.78 is 17.3. The van der Waals surface area contributed by atoms with Gasteiger partial charge in [0.05, 0.1) is 20.3 Å². The van der Waals surface area contributed by atoms with Gasteiger partial charge in [0.2, 0.25) is 0 Å². The lowest BCUT2D eigenvalue weighted by Crippen LogP contribution is -2.53. The molecule has 1 heterocycles. The van der Waals surface area contributed by atoms with E-state index in [2.05, 4.69) is 33.0 Å². The number of likely N-dealkylation sites (N-methyl/N-ethyl adjacent to an activating group) is 1. The van der Waals surface area contributed by atoms with E-state index < -0.39 is 0 Å². The van der Waals surface area contributed by atoms with Crippen molar-refractivity contribution in [3.63, 3.8) is 0 Å². The van der Waals surface area contributed by atoms with Crippen LogP contribution in [0.25, 0.3) is 0 Å². The van der Waals surface area contributed by atoms with Crippen molar-refractivity contribution in [2.75, 3.05) is 53.1 Å². The Morgan fingerprint density at radius 2 is 2.00 bits per heavy atom. The lowest BCUT2D eigenvalue weighted by Gasteiger charge is -2.37. The molecule has 134 valence electrons. The van der Waals surface area contributed by atoms with Crippen LogP contribution in [0, 0.1) is 6.92 Å². The number of nitrogens with zero attached hydrogens (tertiary/aromatic N) is 1. The van der Waals surface area contributed by atoms with Gasteiger partial charge in [0.15, 0.2) is 6.61 Å². The number of rotatable bonds is 7. The second-order valence-corrected chi connectivity index (χ2v) is 7.11. The maximum Gasteiger partial charge on any atom is 0.344 e. The molecule has 0 atom stereocenters. The zero-order valence-corrected chi connectivity index (χ0v) is 15.3. The molecule has 24 heavy (non-hydrogen) atoms. The number of ether oxygens (including phenoxy) is 3. The first-order chi connectivity index (χ1) is 11.4. The number of aryl methyl sites for hydroxylation is 1. The molecule has 1 aromatic rings. The lowest BCUT2D eigenvalue weighted by molar-refractivity contribution is -0.917. The average molecular weight is 336 g/mol. The maximum absolute atomic E-state index is 11.9. The number of morpholine rings is 1. The Bertz CT molecular complexity index is 550. The summed E-state index contributed by atoms with van der Waals surface area (Å²) in [6.45, 7) is 10.9. The third-order valence-electron chi connectivity index (χ3n) is 4.58. The Morgan fingerprint density at radius 3 is 2.67 bits per heavy atom. The van der Waals surface area contributed by atoms with E-state index in [1.807, 2.05) is 13.0 Å². The first kappa shape index (κ1) is 18.7. The summed E-state index contributed by atoms with van der Waals surface area (Å²) >= 11 is 0. The molecule has 2 rings (SSSR count). The van der Waals surface area contributed by atoms with Crippen molar-refractivity contribution in [2.24, 2.45) is 0 Å². The topological polar surface area (TPSA) is 44.8 Å². The van der Waals surface area contributed by atoms with Crippen molar-refractivity contribution in [2.45, 2.75) is 26.7 Å². The van der Waals surface area contributed by atoms with Gasteiger partial charge in [-0.2, -0.15) is 0 Å². The molecule has 5 nitrogen and oxygen atoms in total. The van der Waals surface area contributed by atoms with E-state index in [9.17, 15) is 4.79 Å². The molecule has 0 saturated carbocycles. The van der Waals surface area contributed by atoms with Crippen molar-refractivity contribution < 1.29 is 23.5 Å². The van der Waals surface area contributed by atoms with Crippen LogP contribution >= 0.6 is 0 Å². The first-order valence-corrected chi connectivity index (χ1v) is 8.70. The van der Waals surface area contributed by atoms with Crippen LogP contribution in [0.5, 0.6) is 5.75 Å². The molecule has 0 spiro atoms. The largest absolute Gasteiger partial charge is 0.482 e. The van der Waals surface area contributed by atoms with Crippen molar-refractivity contribution in [1.82, 2.24) is 0 Å². The fourth-order valence-corrected chi connectivity index (χ4v) is 2.81. The number of quaternary nitrogens is 1. The summed E-state index contributed by atoms with van der Waals surface area (Å²) in [5, 5.41) is 0. The molecule has 0 unspecified atom stereocenters. The maximum atomic E-state index is 11.9. The molecule has 1 aliphatic rings. The van der Waals surface area contributed by atoms with Crippen LogP contribution in [0.4, 0.5) is 0 Å². The van der Waals surface area contributed by atoms with Crippen LogP contribution < -0.4 is 4.74 Å². The second-order valence-electron chi connectivity index (χ2n) is 7.11. The highest BCUT2D eigenvalue weighted by molar-refractivity contribution is 5.71. The summed E-state index contributed by atoms with van der Waals surface area (Å²) in [7, 11) is 2.18. The lowest BCUT2D eigenvalue weighted by atomic mass is 10.0. The van der Waals surface area contributed by atoms with Crippen LogP contribution in [0.1, 0.15) is 30.9 Å². The SMILES string of the molecule is Cc1ccc(C(C)C)c(OCC(=O)OCC[N+]2(C)CCOCC2)c1. The average Bonchev–Trinajstić information content (AvgIpc) is 2.53. The van der Waals surface area contributed by atoms with Gasteiger partial charge in [0, 0.05) is 0 Å². The number of hydrogen-bond donors (Lipinski definition) is 0. The molecular weight excluding hydrogens is 306 g/mol. The molecule has 0 radical (unpaired) electrons. The number of benzene rings is 1. The van der Waals surface area contributed by atoms with Gasteiger partial charge in [0.1, 0.15) is 32.0 Å². The molecule has 1 saturated heterocycles. The monoisotopic (exact) mass is 336 g/mol. The van der Waals surface area contributed by atoms with Crippen LogP contribution in [0.3, 0.4) is 0 Å². The predicted octanol–water partition coefficient (Wildman–Crippen LogP) is 2.52. The summed E-state index contributed by atoms with van der Waals surface area (Å²) in [6, 6.07) is 6.10. The Labute approximate surface area is 145 Å². The molecule has 1 aliphatic heterocycles. The fourth-order valence-electron chi connectivity index (χ4n) is 2.81. The molecular formula is C19H30NO4+. The number of hydrogen-bond acceptors (Lipinski definition) is 4. The Morgan fingerprint density at radius 1 is 1.29 bits per heavy atom. The molecule has 0 N–H and O–H groups in total. The minimum absolute atomic E-state index is 0.0456. The van der Waals surface area contributed by atoms with Gasteiger partial charge in [0.25, 0.3) is 0 Å². The standard InChI is InChI=1S/C19H30NO4/c1-15(2)17-6-5-16(3)13-18(17)24-14-19(21)23-12-9-20(4)7-10-22-11-8-20/h5-6,13,15H,7-12,14H2,1-4H3/q+1. The van der Waals surface area contributed by atoms with Crippen LogP contribution in [0.15, 0.2) is 18.2 Å². The Kier molecular flexibility index (Phi) is 6.63. The van der Waals surface area contributed by atoms with Crippen molar-refractivity contribution in [1.29, 1.82) is 0 Å². The van der Waals surface area contributed by atoms with Crippen molar-refractivity contribution in [3.05, 3.63) is 29.3 Å². The van der Waals surface area contributed by atoms with E-state index in [1.165, 1.54) is 0 Å². The Balaban J connectivity index is 1.78. The minimum Gasteiger partial charge on any atom is -0.482 e. The van der Waals surface area contributed by atoms with E-state index >= 15 is 0 Å². The van der Waals surface area contributed by atoms with Gasteiger partial charge in [-0.15, -0.1) is 0 Å². The smallest absolute Gasteiger partial charge is 0.344 e. The number of esters is 1. The summed E-state index contributed by atoms with van der Waals surface area (Å²) in [6.07, 6.45) is 0. The van der Waals surface area contributed by atoms with Gasteiger partial charge >= 0.3 is 5.97 Å². The van der Waals surface area contributed by atoms with E-state index in [-0.39, 0.29) is 12.6 Å². The Hall–Kier alpha value is -1.59. The van der Waals surface area contributed by atoms with Gasteiger partial charge in [-0.3, -0.25) is 0 Å². The number of carbonyl (C=O) groups excluding carboxylic acids is 1. The van der Waals surface area contributed by atoms with Crippen LogP contribution in [0.2, 0.25) is 0 Å². The van der Waals surface area contributed by atoms with Gasteiger partial charge in [-0.1, -0.05) is 26.0 Å². The van der Waals surface area contributed by atoms with Crippen molar-refractivity contribution >= 4 is 5.97 Å². The van der Waals surface area contributed by atoms with E-state index in [0.717, 1.165) is 54.2 Å². The summed E-state index contributed by atoms with van der Waals surface area (Å²) in [4.78, 5) is 11.9. The van der Waals surface area contributed by atoms with E-state index in [0.29, 0.717) is 12.5 Å². The van der Waals surface area contributed by atoms with E-state index in [4.69, 9.17) is 14.2 Å². The second kappa shape index (κ2) is 8.49. The zero-order valence-electron chi connectivity index (χ0n) is 15.3. The number of carbonyl (C=O) groups is 1. The molecule has 0 aliphatic carbocycles. The third-order valence-corrected chi connectivity index (χ3v) is 4.58. The molecule has 5 heteroatoms. The predicted molar refractivity (Wildman–Crippen MR) is 93.3 cm³/mol. The van der Waals surface area contributed by atoms with Gasteiger partial charge < -0.3 is 18.7 Å². The summed E-state index contributed by atoms with van der Waals surface area (Å²) in [5.74, 6) is 0.808. The quantitative estimate of drug-likeness (QED) is 0.567. The first-order valence-electron chi connectivity index (χ1n) is 8.70. The normalized spacial score (nSPS) is 16.9. The summed E-state index contributed by atoms with van der Waals surface area (Å²) in [5.41, 5.74) is 2.23.